The van der Waals surface area contributed by atoms with Crippen LogP contribution in [0.25, 0.3) is 11.1 Å². The number of ether oxygens (including phenoxy) is 3. The molecular formula is C36H42N6O6. The topological polar surface area (TPSA) is 157 Å². The van der Waals surface area contributed by atoms with E-state index in [1.54, 1.807) is 20.3 Å². The molecule has 1 aliphatic carbocycles. The van der Waals surface area contributed by atoms with Crippen LogP contribution in [0.5, 0.6) is 17.2 Å². The number of hydrogen-bond acceptors (Lipinski definition) is 9. The minimum absolute atomic E-state index is 0.161. The molecule has 0 spiro atoms. The molecule has 2 amide bonds. The lowest BCUT2D eigenvalue weighted by molar-refractivity contribution is -0.120. The molecule has 252 valence electrons. The maximum Gasteiger partial charge on any atom is 0.249 e. The normalized spacial score (nSPS) is 14.2. The molecular weight excluding hydrogens is 612 g/mol. The number of fused-ring (bicyclic) bond motifs is 3. The third kappa shape index (κ3) is 7.43. The quantitative estimate of drug-likeness (QED) is 0.168. The van der Waals surface area contributed by atoms with Gasteiger partial charge in [0.15, 0.2) is 11.5 Å². The second kappa shape index (κ2) is 15.0. The molecule has 48 heavy (non-hydrogen) atoms. The first-order valence-corrected chi connectivity index (χ1v) is 15.9. The molecule has 0 saturated carbocycles. The fraction of sp³-hybridized carbons (Fsp3) is 0.361. The van der Waals surface area contributed by atoms with E-state index >= 15 is 0 Å². The zero-order chi connectivity index (χ0) is 34.4. The van der Waals surface area contributed by atoms with Crippen molar-refractivity contribution in [3.8, 4) is 28.4 Å². The van der Waals surface area contributed by atoms with E-state index < -0.39 is 12.1 Å². The maximum absolute atomic E-state index is 13.8. The predicted octanol–water partition coefficient (Wildman–Crippen LogP) is 4.84. The second-order valence-electron chi connectivity index (χ2n) is 12.0. The third-order valence-electron chi connectivity index (χ3n) is 8.44. The number of amides is 2. The highest BCUT2D eigenvalue weighted by molar-refractivity contribution is 5.95. The van der Waals surface area contributed by atoms with E-state index in [4.69, 9.17) is 14.2 Å². The van der Waals surface area contributed by atoms with Gasteiger partial charge in [0, 0.05) is 18.9 Å². The molecule has 0 aliphatic heterocycles. The van der Waals surface area contributed by atoms with Gasteiger partial charge in [0.25, 0.3) is 0 Å². The van der Waals surface area contributed by atoms with E-state index in [1.807, 2.05) is 56.3 Å². The van der Waals surface area contributed by atoms with E-state index in [1.165, 1.54) is 25.7 Å². The summed E-state index contributed by atoms with van der Waals surface area (Å²) in [6.45, 7) is 5.22. The standard InChI is InChI=1S/C36H42N6O6/c1-20(2)32(35(45)40-36-39-30(41-42-36)17-12-22-10-8-7-9-11-22)38-27-16-14-24-25(19-28(27)44)26(37-21(3)43)15-13-23-18-29(46-4)33(47-5)34(48-6)31(23)24/h7-11,14,16,18-20,26,32H,12-13,15,17H2,1-6H3,(H,37,43)(H,38,44)(H2,39,40,41,42,45)/t26-,32-/m0/s1. The van der Waals surface area contributed by atoms with E-state index in [-0.39, 0.29) is 34.8 Å². The van der Waals surface area contributed by atoms with Gasteiger partial charge in [-0.2, -0.15) is 4.98 Å². The SMILES string of the molecule is COc1cc2c(c(OC)c1OC)-c1ccc(N[C@H](C(=O)Nc3n[nH]c(CCc4ccccc4)n3)C(C)C)c(=O)cc1[C@@H](NC(C)=O)CC2. The van der Waals surface area contributed by atoms with E-state index in [0.29, 0.717) is 53.5 Å². The number of methoxy groups -OCH3 is 3. The Kier molecular flexibility index (Phi) is 10.6. The van der Waals surface area contributed by atoms with E-state index in [0.717, 1.165) is 17.5 Å². The van der Waals surface area contributed by atoms with Gasteiger partial charge in [0.05, 0.1) is 33.1 Å². The Labute approximate surface area is 279 Å². The minimum Gasteiger partial charge on any atom is -0.493 e. The van der Waals surface area contributed by atoms with Crippen LogP contribution in [-0.4, -0.2) is 54.4 Å². The highest BCUT2D eigenvalue weighted by Crippen LogP contribution is 2.50. The molecule has 0 unspecified atom stereocenters. The number of aromatic amines is 1. The fourth-order valence-corrected chi connectivity index (χ4v) is 6.09. The van der Waals surface area contributed by atoms with Crippen LogP contribution >= 0.6 is 0 Å². The summed E-state index contributed by atoms with van der Waals surface area (Å²) in [6.07, 6.45) is 2.53. The Morgan fingerprint density at radius 2 is 1.73 bits per heavy atom. The third-order valence-corrected chi connectivity index (χ3v) is 8.44. The molecule has 12 heteroatoms. The smallest absolute Gasteiger partial charge is 0.249 e. The molecule has 3 aromatic carbocycles. The predicted molar refractivity (Wildman–Crippen MR) is 184 cm³/mol. The van der Waals surface area contributed by atoms with Gasteiger partial charge >= 0.3 is 0 Å². The van der Waals surface area contributed by atoms with Crippen LogP contribution in [0.2, 0.25) is 0 Å². The monoisotopic (exact) mass is 654 g/mol. The zero-order valence-electron chi connectivity index (χ0n) is 28.1. The Hall–Kier alpha value is -5.39. The number of aromatic nitrogens is 3. The van der Waals surface area contributed by atoms with Crippen LogP contribution in [0.15, 0.2) is 59.4 Å². The molecule has 4 N–H and O–H groups in total. The minimum atomic E-state index is -0.788. The molecule has 5 rings (SSSR count). The van der Waals surface area contributed by atoms with Gasteiger partial charge < -0.3 is 24.8 Å². The summed E-state index contributed by atoms with van der Waals surface area (Å²) >= 11 is 0. The summed E-state index contributed by atoms with van der Waals surface area (Å²) in [5.74, 6) is 1.40. The number of hydrogen-bond donors (Lipinski definition) is 4. The van der Waals surface area contributed by atoms with Gasteiger partial charge in [-0.25, -0.2) is 0 Å². The zero-order valence-corrected chi connectivity index (χ0v) is 28.1. The molecule has 0 fully saturated rings. The van der Waals surface area contributed by atoms with Crippen LogP contribution < -0.4 is 35.6 Å². The first kappa shape index (κ1) is 34.0. The lowest BCUT2D eigenvalue weighted by Crippen LogP contribution is -2.40. The van der Waals surface area contributed by atoms with Crippen molar-refractivity contribution in [2.75, 3.05) is 32.0 Å². The van der Waals surface area contributed by atoms with Crippen molar-refractivity contribution in [1.29, 1.82) is 0 Å². The van der Waals surface area contributed by atoms with Crippen molar-refractivity contribution < 1.29 is 23.8 Å². The Morgan fingerprint density at radius 1 is 0.979 bits per heavy atom. The number of aryl methyl sites for hydroxylation is 3. The molecule has 4 aromatic rings. The number of carbonyl (C=O) groups excluding carboxylic acids is 2. The lowest BCUT2D eigenvalue weighted by Gasteiger charge is -2.21. The molecule has 12 nitrogen and oxygen atoms in total. The second-order valence-corrected chi connectivity index (χ2v) is 12.0. The number of H-pyrrole nitrogens is 1. The van der Waals surface area contributed by atoms with Crippen molar-refractivity contribution >= 4 is 23.5 Å². The summed E-state index contributed by atoms with van der Waals surface area (Å²) < 4.78 is 17.1. The number of anilines is 2. The van der Waals surface area contributed by atoms with Crippen LogP contribution in [0.4, 0.5) is 11.6 Å². The van der Waals surface area contributed by atoms with Gasteiger partial charge in [-0.05, 0) is 65.6 Å². The Morgan fingerprint density at radius 3 is 2.40 bits per heavy atom. The van der Waals surface area contributed by atoms with Gasteiger partial charge in [0.1, 0.15) is 11.9 Å². The molecule has 0 saturated heterocycles. The lowest BCUT2D eigenvalue weighted by atomic mass is 9.95. The van der Waals surface area contributed by atoms with Gasteiger partial charge in [-0.3, -0.25) is 24.8 Å². The van der Waals surface area contributed by atoms with Crippen LogP contribution in [0, 0.1) is 5.92 Å². The summed E-state index contributed by atoms with van der Waals surface area (Å²) in [5.41, 5.74) is 4.04. The largest absolute Gasteiger partial charge is 0.493 e. The van der Waals surface area contributed by atoms with Crippen molar-refractivity contribution in [2.24, 2.45) is 5.92 Å². The Bertz CT molecular complexity index is 1840. The van der Waals surface area contributed by atoms with Crippen molar-refractivity contribution in [3.63, 3.8) is 0 Å². The molecule has 2 atom stereocenters. The molecule has 0 radical (unpaired) electrons. The summed E-state index contributed by atoms with van der Waals surface area (Å²) in [4.78, 5) is 44.1. The molecule has 1 aliphatic rings. The van der Waals surface area contributed by atoms with Crippen LogP contribution in [-0.2, 0) is 28.9 Å². The molecule has 1 aromatic heterocycles. The average Bonchev–Trinajstić information content (AvgIpc) is 3.39. The Balaban J connectivity index is 1.47. The first-order chi connectivity index (χ1) is 23.1. The van der Waals surface area contributed by atoms with Gasteiger partial charge in [-0.15, -0.1) is 5.10 Å². The number of nitrogens with one attached hydrogen (secondary N) is 4. The van der Waals surface area contributed by atoms with E-state index in [2.05, 4.69) is 31.1 Å². The van der Waals surface area contributed by atoms with Crippen molar-refractivity contribution in [2.45, 2.75) is 58.5 Å². The number of benzene rings is 2. The van der Waals surface area contributed by atoms with Gasteiger partial charge in [-0.1, -0.05) is 50.2 Å². The highest BCUT2D eigenvalue weighted by Gasteiger charge is 2.30. The number of carbonyl (C=O) groups is 2. The van der Waals surface area contributed by atoms with Crippen LogP contribution in [0.3, 0.4) is 0 Å². The maximum atomic E-state index is 13.8. The van der Waals surface area contributed by atoms with Crippen molar-refractivity contribution in [3.05, 3.63) is 87.3 Å². The van der Waals surface area contributed by atoms with Crippen LogP contribution in [0.1, 0.15) is 55.7 Å². The van der Waals surface area contributed by atoms with E-state index in [9.17, 15) is 14.4 Å². The number of nitrogens with zero attached hydrogens (tertiary/aromatic N) is 2. The number of rotatable bonds is 12. The first-order valence-electron chi connectivity index (χ1n) is 15.9. The summed E-state index contributed by atoms with van der Waals surface area (Å²) in [7, 11) is 4.65. The summed E-state index contributed by atoms with van der Waals surface area (Å²) in [6, 6.07) is 15.7. The highest BCUT2D eigenvalue weighted by atomic mass is 16.5. The summed E-state index contributed by atoms with van der Waals surface area (Å²) in [5, 5.41) is 16.0. The molecule has 0 bridgehead atoms. The fourth-order valence-electron chi connectivity index (χ4n) is 6.09. The van der Waals surface area contributed by atoms with Crippen molar-refractivity contribution in [1.82, 2.24) is 20.5 Å². The van der Waals surface area contributed by atoms with Gasteiger partial charge in [0.2, 0.25) is 28.9 Å². The average molecular weight is 655 g/mol. The molecule has 1 heterocycles.